The van der Waals surface area contributed by atoms with Crippen LogP contribution in [0.15, 0.2) is 67.3 Å². The molecule has 4 aromatic rings. The maximum absolute atomic E-state index is 13.7. The Bertz CT molecular complexity index is 1520. The van der Waals surface area contributed by atoms with E-state index in [1.165, 1.54) is 0 Å². The molecule has 1 saturated carbocycles. The van der Waals surface area contributed by atoms with Gasteiger partial charge < -0.3 is 19.2 Å². The maximum Gasteiger partial charge on any atom is 0.251 e. The minimum absolute atomic E-state index is 0.0394. The van der Waals surface area contributed by atoms with E-state index in [1.54, 1.807) is 17.9 Å². The molecule has 2 atom stereocenters. The lowest BCUT2D eigenvalue weighted by Gasteiger charge is -2.20. The molecular weight excluding hydrogens is 476 g/mol. The number of carbonyl (C=O) groups is 1. The molecule has 3 aromatic heterocycles. The summed E-state index contributed by atoms with van der Waals surface area (Å²) >= 11 is 0. The zero-order valence-electron chi connectivity index (χ0n) is 22.3. The summed E-state index contributed by atoms with van der Waals surface area (Å²) in [5.41, 5.74) is 5.93. The number of amides is 1. The van der Waals surface area contributed by atoms with Crippen LogP contribution in [0.2, 0.25) is 0 Å². The normalized spacial score (nSPS) is 14.6. The predicted octanol–water partition coefficient (Wildman–Crippen LogP) is 4.76. The number of methoxy groups -OCH3 is 1. The molecule has 8 heteroatoms. The molecule has 5 rings (SSSR count). The number of hydrogen-bond donors (Lipinski definition) is 2. The second-order valence-corrected chi connectivity index (χ2v) is 10.2. The molecule has 0 bridgehead atoms. The number of ether oxygens (including phenoxy) is 1. The number of pyridine rings is 2. The highest BCUT2D eigenvalue weighted by Crippen LogP contribution is 2.40. The van der Waals surface area contributed by atoms with Crippen LogP contribution in [0, 0.1) is 18.3 Å². The van der Waals surface area contributed by atoms with Gasteiger partial charge in [-0.1, -0.05) is 6.07 Å². The van der Waals surface area contributed by atoms with Crippen molar-refractivity contribution in [2.24, 2.45) is 13.0 Å². The monoisotopic (exact) mass is 510 g/mol. The van der Waals surface area contributed by atoms with Crippen LogP contribution in [-0.2, 0) is 13.5 Å². The van der Waals surface area contributed by atoms with Gasteiger partial charge in [0.2, 0.25) is 11.5 Å². The van der Waals surface area contributed by atoms with Crippen molar-refractivity contribution in [3.05, 3.63) is 95.3 Å². The van der Waals surface area contributed by atoms with Gasteiger partial charge in [0.15, 0.2) is 0 Å². The highest BCUT2D eigenvalue weighted by Gasteiger charge is 2.34. The molecule has 38 heavy (non-hydrogen) atoms. The maximum atomic E-state index is 13.7. The Kier molecular flexibility index (Phi) is 7.13. The van der Waals surface area contributed by atoms with E-state index in [0.717, 1.165) is 40.8 Å². The standard InChI is InChI=1S/C30H34N6O2/c1-19-7-9-32-26(13-19)28(22-5-6-22)34-29(37)25-16-21(14-20(2)36-12-11-35(3)30(36)31)15-24(17-25)23-8-10-33-27(18-23)38-4/h7-13,15-18,20,22,28,31H,5-6,14H2,1-4H3,(H,34,37). The van der Waals surface area contributed by atoms with E-state index in [0.29, 0.717) is 29.4 Å². The number of nitrogens with one attached hydrogen (secondary N) is 2. The van der Waals surface area contributed by atoms with Crippen LogP contribution < -0.4 is 15.7 Å². The van der Waals surface area contributed by atoms with Crippen molar-refractivity contribution in [1.82, 2.24) is 24.4 Å². The summed E-state index contributed by atoms with van der Waals surface area (Å²) in [5.74, 6) is 0.811. The molecule has 0 saturated heterocycles. The van der Waals surface area contributed by atoms with Gasteiger partial charge in [-0.3, -0.25) is 15.2 Å². The number of nitrogens with zero attached hydrogens (tertiary/aromatic N) is 4. The summed E-state index contributed by atoms with van der Waals surface area (Å²) in [5, 5.41) is 11.6. The molecule has 8 nitrogen and oxygen atoms in total. The summed E-state index contributed by atoms with van der Waals surface area (Å²) in [7, 11) is 3.46. The number of rotatable bonds is 9. The van der Waals surface area contributed by atoms with Crippen molar-refractivity contribution in [2.75, 3.05) is 7.11 Å². The fourth-order valence-corrected chi connectivity index (χ4v) is 4.92. The summed E-state index contributed by atoms with van der Waals surface area (Å²) < 4.78 is 9.07. The van der Waals surface area contributed by atoms with Crippen LogP contribution >= 0.6 is 0 Å². The van der Waals surface area contributed by atoms with E-state index in [1.807, 2.05) is 67.5 Å². The Labute approximate surface area is 222 Å². The van der Waals surface area contributed by atoms with Gasteiger partial charge in [-0.05, 0) is 91.6 Å². The Morgan fingerprint density at radius 2 is 1.89 bits per heavy atom. The molecule has 1 fully saturated rings. The van der Waals surface area contributed by atoms with Crippen LogP contribution in [0.3, 0.4) is 0 Å². The SMILES string of the molecule is COc1cc(-c2cc(CC(C)n3ccn(C)c3=N)cc(C(=O)NC(c3cc(C)ccn3)C3CC3)c2)ccn1. The van der Waals surface area contributed by atoms with Gasteiger partial charge in [-0.25, -0.2) is 4.98 Å². The fraction of sp³-hybridized carbons (Fsp3) is 0.333. The second kappa shape index (κ2) is 10.7. The quantitative estimate of drug-likeness (QED) is 0.339. The molecule has 1 aliphatic rings. The molecule has 1 aromatic carbocycles. The molecule has 0 radical (unpaired) electrons. The number of hydrogen-bond acceptors (Lipinski definition) is 5. The van der Waals surface area contributed by atoms with Crippen LogP contribution in [0.5, 0.6) is 5.88 Å². The summed E-state index contributed by atoms with van der Waals surface area (Å²) in [6, 6.07) is 13.8. The highest BCUT2D eigenvalue weighted by molar-refractivity contribution is 5.96. The van der Waals surface area contributed by atoms with Gasteiger partial charge in [-0.15, -0.1) is 0 Å². The van der Waals surface area contributed by atoms with Crippen molar-refractivity contribution < 1.29 is 9.53 Å². The van der Waals surface area contributed by atoms with Gasteiger partial charge in [-0.2, -0.15) is 0 Å². The zero-order chi connectivity index (χ0) is 26.8. The van der Waals surface area contributed by atoms with E-state index in [-0.39, 0.29) is 18.0 Å². The summed E-state index contributed by atoms with van der Waals surface area (Å²) in [6.07, 6.45) is 10.2. The van der Waals surface area contributed by atoms with Crippen molar-refractivity contribution in [1.29, 1.82) is 5.41 Å². The number of aromatic nitrogens is 4. The van der Waals surface area contributed by atoms with Crippen LogP contribution in [0.1, 0.15) is 59.0 Å². The first-order valence-electron chi connectivity index (χ1n) is 13.0. The molecule has 0 aliphatic heterocycles. The van der Waals surface area contributed by atoms with Crippen molar-refractivity contribution in [3.8, 4) is 17.0 Å². The van der Waals surface area contributed by atoms with E-state index in [9.17, 15) is 4.79 Å². The Morgan fingerprint density at radius 1 is 1.11 bits per heavy atom. The second-order valence-electron chi connectivity index (χ2n) is 10.2. The third-order valence-corrected chi connectivity index (χ3v) is 7.20. The lowest BCUT2D eigenvalue weighted by molar-refractivity contribution is 0.0930. The fourth-order valence-electron chi connectivity index (χ4n) is 4.92. The number of benzene rings is 1. The minimum atomic E-state index is -0.115. The number of aryl methyl sites for hydroxylation is 2. The van der Waals surface area contributed by atoms with Gasteiger partial charge in [0.1, 0.15) is 0 Å². The number of imidazole rings is 1. The van der Waals surface area contributed by atoms with E-state index < -0.39 is 0 Å². The molecule has 0 spiro atoms. The highest BCUT2D eigenvalue weighted by atomic mass is 16.5. The molecule has 1 aliphatic carbocycles. The third-order valence-electron chi connectivity index (χ3n) is 7.20. The average Bonchev–Trinajstić information content (AvgIpc) is 3.71. The van der Waals surface area contributed by atoms with Gasteiger partial charge >= 0.3 is 0 Å². The van der Waals surface area contributed by atoms with E-state index >= 15 is 0 Å². The van der Waals surface area contributed by atoms with Gasteiger partial charge in [0, 0.05) is 49.5 Å². The van der Waals surface area contributed by atoms with Crippen molar-refractivity contribution >= 4 is 5.91 Å². The first-order chi connectivity index (χ1) is 18.3. The Balaban J connectivity index is 1.49. The first-order valence-corrected chi connectivity index (χ1v) is 13.0. The molecular formula is C30H34N6O2. The Hall–Kier alpha value is -4.20. The van der Waals surface area contributed by atoms with Gasteiger partial charge in [0.05, 0.1) is 18.8 Å². The van der Waals surface area contributed by atoms with Crippen LogP contribution in [-0.4, -0.2) is 32.1 Å². The predicted molar refractivity (Wildman–Crippen MR) is 146 cm³/mol. The zero-order valence-corrected chi connectivity index (χ0v) is 22.3. The average molecular weight is 511 g/mol. The summed E-state index contributed by atoms with van der Waals surface area (Å²) in [4.78, 5) is 22.5. The summed E-state index contributed by atoms with van der Waals surface area (Å²) in [6.45, 7) is 4.14. The first kappa shape index (κ1) is 25.4. The minimum Gasteiger partial charge on any atom is -0.481 e. The molecule has 2 unspecified atom stereocenters. The van der Waals surface area contributed by atoms with Gasteiger partial charge in [0.25, 0.3) is 5.91 Å². The molecule has 1 amide bonds. The molecule has 196 valence electrons. The smallest absolute Gasteiger partial charge is 0.251 e. The Morgan fingerprint density at radius 3 is 2.58 bits per heavy atom. The molecule has 2 N–H and O–H groups in total. The van der Waals surface area contributed by atoms with Crippen LogP contribution in [0.4, 0.5) is 0 Å². The van der Waals surface area contributed by atoms with Crippen molar-refractivity contribution in [2.45, 2.75) is 45.2 Å². The number of carbonyl (C=O) groups excluding carboxylic acids is 1. The lowest BCUT2D eigenvalue weighted by Crippen LogP contribution is -2.30. The van der Waals surface area contributed by atoms with Crippen molar-refractivity contribution in [3.63, 3.8) is 0 Å². The van der Waals surface area contributed by atoms with E-state index in [4.69, 9.17) is 10.1 Å². The topological polar surface area (TPSA) is 97.8 Å². The van der Waals surface area contributed by atoms with E-state index in [2.05, 4.69) is 34.3 Å². The molecule has 3 heterocycles. The third kappa shape index (κ3) is 5.54. The largest absolute Gasteiger partial charge is 0.481 e. The van der Waals surface area contributed by atoms with Crippen LogP contribution in [0.25, 0.3) is 11.1 Å². The lowest BCUT2D eigenvalue weighted by atomic mass is 9.96.